The van der Waals surface area contributed by atoms with E-state index >= 15 is 0 Å². The number of ether oxygens (including phenoxy) is 1. The Kier molecular flexibility index (Phi) is 3.58. The molecule has 0 saturated carbocycles. The smallest absolute Gasteiger partial charge is 0.178 e. The molecular formula is C10H17N3O2. The molecule has 0 spiro atoms. The molecule has 5 nitrogen and oxygen atoms in total. The van der Waals surface area contributed by atoms with Gasteiger partial charge in [0.05, 0.1) is 0 Å². The van der Waals surface area contributed by atoms with Gasteiger partial charge in [-0.25, -0.2) is 0 Å². The van der Waals surface area contributed by atoms with Gasteiger partial charge in [-0.15, -0.1) is 0 Å². The summed E-state index contributed by atoms with van der Waals surface area (Å²) in [6, 6.07) is 0. The predicted octanol–water partition coefficient (Wildman–Crippen LogP) is 0.301. The number of hydrogen-bond donors (Lipinski definition) is 0. The van der Waals surface area contributed by atoms with Crippen molar-refractivity contribution in [1.82, 2.24) is 15.0 Å². The Morgan fingerprint density at radius 3 is 2.87 bits per heavy atom. The minimum Gasteiger partial charge on any atom is -0.487 e. The number of likely N-dealkylation sites (N-methyl/N-ethyl adjacent to an activating group) is 1. The SMILES string of the molecule is CN1CCN(CCOc2cnoc2)CC1. The number of hydrogen-bond acceptors (Lipinski definition) is 5. The van der Waals surface area contributed by atoms with Crippen LogP contribution >= 0.6 is 0 Å². The summed E-state index contributed by atoms with van der Waals surface area (Å²) in [5.41, 5.74) is 0. The van der Waals surface area contributed by atoms with Crippen LogP contribution in [0.3, 0.4) is 0 Å². The first-order valence-corrected chi connectivity index (χ1v) is 5.27. The number of rotatable bonds is 4. The summed E-state index contributed by atoms with van der Waals surface area (Å²) in [6.07, 6.45) is 3.11. The summed E-state index contributed by atoms with van der Waals surface area (Å²) in [7, 11) is 2.16. The van der Waals surface area contributed by atoms with Gasteiger partial charge in [-0.2, -0.15) is 0 Å². The molecule has 1 aliphatic heterocycles. The maximum atomic E-state index is 5.46. The molecule has 1 aliphatic rings. The van der Waals surface area contributed by atoms with Crippen LogP contribution in [0.2, 0.25) is 0 Å². The van der Waals surface area contributed by atoms with E-state index in [-0.39, 0.29) is 0 Å². The fourth-order valence-corrected chi connectivity index (χ4v) is 1.63. The predicted molar refractivity (Wildman–Crippen MR) is 55.9 cm³/mol. The van der Waals surface area contributed by atoms with Gasteiger partial charge in [-0.1, -0.05) is 5.16 Å². The molecular weight excluding hydrogens is 194 g/mol. The zero-order valence-electron chi connectivity index (χ0n) is 9.06. The van der Waals surface area contributed by atoms with E-state index in [4.69, 9.17) is 4.74 Å². The van der Waals surface area contributed by atoms with E-state index in [1.807, 2.05) is 0 Å². The fourth-order valence-electron chi connectivity index (χ4n) is 1.63. The number of nitrogens with zero attached hydrogens (tertiary/aromatic N) is 3. The summed E-state index contributed by atoms with van der Waals surface area (Å²) in [4.78, 5) is 4.75. The van der Waals surface area contributed by atoms with Crippen molar-refractivity contribution in [1.29, 1.82) is 0 Å². The highest BCUT2D eigenvalue weighted by atomic mass is 16.5. The van der Waals surface area contributed by atoms with E-state index in [2.05, 4.69) is 26.5 Å². The van der Waals surface area contributed by atoms with Crippen LogP contribution in [-0.2, 0) is 0 Å². The van der Waals surface area contributed by atoms with Gasteiger partial charge in [0.25, 0.3) is 0 Å². The Bertz CT molecular complexity index is 268. The van der Waals surface area contributed by atoms with E-state index in [0.29, 0.717) is 12.4 Å². The van der Waals surface area contributed by atoms with Crippen LogP contribution in [0.15, 0.2) is 17.0 Å². The van der Waals surface area contributed by atoms with Crippen molar-refractivity contribution in [3.05, 3.63) is 12.5 Å². The molecule has 1 saturated heterocycles. The van der Waals surface area contributed by atoms with Crippen LogP contribution in [-0.4, -0.2) is 61.3 Å². The molecule has 0 aromatic carbocycles. The lowest BCUT2D eigenvalue weighted by atomic mass is 10.3. The third-order valence-corrected chi connectivity index (χ3v) is 2.68. The van der Waals surface area contributed by atoms with Gasteiger partial charge in [-0.05, 0) is 7.05 Å². The van der Waals surface area contributed by atoms with E-state index in [1.54, 1.807) is 6.20 Å². The average Bonchev–Trinajstić information content (AvgIpc) is 2.74. The summed E-state index contributed by atoms with van der Waals surface area (Å²) in [5, 5.41) is 3.58. The van der Waals surface area contributed by atoms with Crippen molar-refractivity contribution in [3.63, 3.8) is 0 Å². The summed E-state index contributed by atoms with van der Waals surface area (Å²) < 4.78 is 10.1. The maximum absolute atomic E-state index is 5.46. The number of piperazine rings is 1. The molecule has 1 fully saturated rings. The van der Waals surface area contributed by atoms with E-state index in [1.165, 1.54) is 6.26 Å². The Labute approximate surface area is 89.6 Å². The lowest BCUT2D eigenvalue weighted by Crippen LogP contribution is -2.45. The molecule has 0 atom stereocenters. The highest BCUT2D eigenvalue weighted by molar-refractivity contribution is 5.07. The first-order valence-electron chi connectivity index (χ1n) is 5.27. The third-order valence-electron chi connectivity index (χ3n) is 2.68. The van der Waals surface area contributed by atoms with Crippen molar-refractivity contribution < 1.29 is 9.26 Å². The highest BCUT2D eigenvalue weighted by Crippen LogP contribution is 2.07. The summed E-state index contributed by atoms with van der Waals surface area (Å²) in [6.45, 7) is 6.22. The lowest BCUT2D eigenvalue weighted by Gasteiger charge is -2.32. The quantitative estimate of drug-likeness (QED) is 0.716. The Hall–Kier alpha value is -1.07. The largest absolute Gasteiger partial charge is 0.487 e. The normalized spacial score (nSPS) is 19.3. The van der Waals surface area contributed by atoms with E-state index in [9.17, 15) is 0 Å². The van der Waals surface area contributed by atoms with Crippen LogP contribution < -0.4 is 4.74 Å². The van der Waals surface area contributed by atoms with Crippen LogP contribution in [0.25, 0.3) is 0 Å². The second kappa shape index (κ2) is 5.14. The summed E-state index contributed by atoms with van der Waals surface area (Å²) in [5.74, 6) is 0.712. The molecule has 1 aromatic rings. The monoisotopic (exact) mass is 211 g/mol. The Balaban J connectivity index is 1.62. The summed E-state index contributed by atoms with van der Waals surface area (Å²) >= 11 is 0. The molecule has 0 unspecified atom stereocenters. The van der Waals surface area contributed by atoms with E-state index in [0.717, 1.165) is 32.7 Å². The zero-order valence-corrected chi connectivity index (χ0v) is 9.06. The molecule has 5 heteroatoms. The Morgan fingerprint density at radius 1 is 1.40 bits per heavy atom. The number of aromatic nitrogens is 1. The van der Waals surface area contributed by atoms with Crippen molar-refractivity contribution in [2.45, 2.75) is 0 Å². The van der Waals surface area contributed by atoms with Gasteiger partial charge in [-0.3, -0.25) is 4.90 Å². The van der Waals surface area contributed by atoms with E-state index < -0.39 is 0 Å². The van der Waals surface area contributed by atoms with Gasteiger partial charge >= 0.3 is 0 Å². The van der Waals surface area contributed by atoms with Crippen LogP contribution in [0.5, 0.6) is 5.75 Å². The average molecular weight is 211 g/mol. The molecule has 0 radical (unpaired) electrons. The molecule has 2 rings (SSSR count). The maximum Gasteiger partial charge on any atom is 0.178 e. The van der Waals surface area contributed by atoms with Crippen molar-refractivity contribution >= 4 is 0 Å². The molecule has 1 aromatic heterocycles. The topological polar surface area (TPSA) is 41.7 Å². The molecule has 0 bridgehead atoms. The molecule has 0 N–H and O–H groups in total. The molecule has 0 aliphatic carbocycles. The minimum absolute atomic E-state index is 0.699. The highest BCUT2D eigenvalue weighted by Gasteiger charge is 2.13. The standard InChI is InChI=1S/C10H17N3O2/c1-12-2-4-13(5-3-12)6-7-14-10-8-11-15-9-10/h8-9H,2-7H2,1H3. The molecule has 15 heavy (non-hydrogen) atoms. The van der Waals surface area contributed by atoms with Crippen LogP contribution in [0.4, 0.5) is 0 Å². The second-order valence-corrected chi connectivity index (χ2v) is 3.85. The molecule has 84 valence electrons. The zero-order chi connectivity index (χ0) is 10.5. The van der Waals surface area contributed by atoms with Gasteiger partial charge in [0.1, 0.15) is 12.8 Å². The van der Waals surface area contributed by atoms with Gasteiger partial charge < -0.3 is 14.2 Å². The second-order valence-electron chi connectivity index (χ2n) is 3.85. The van der Waals surface area contributed by atoms with Gasteiger partial charge in [0.2, 0.25) is 0 Å². The van der Waals surface area contributed by atoms with Crippen LogP contribution in [0.1, 0.15) is 0 Å². The van der Waals surface area contributed by atoms with Gasteiger partial charge in [0, 0.05) is 32.7 Å². The molecule has 2 heterocycles. The minimum atomic E-state index is 0.699. The first-order chi connectivity index (χ1) is 7.34. The van der Waals surface area contributed by atoms with Crippen molar-refractivity contribution in [3.8, 4) is 5.75 Å². The first kappa shape index (κ1) is 10.4. The van der Waals surface area contributed by atoms with Gasteiger partial charge in [0.15, 0.2) is 12.0 Å². The van der Waals surface area contributed by atoms with Crippen molar-refractivity contribution in [2.24, 2.45) is 0 Å². The van der Waals surface area contributed by atoms with Crippen LogP contribution in [0, 0.1) is 0 Å². The van der Waals surface area contributed by atoms with Crippen molar-refractivity contribution in [2.75, 3.05) is 46.4 Å². The third kappa shape index (κ3) is 3.21. The lowest BCUT2D eigenvalue weighted by molar-refractivity contribution is 0.133. The molecule has 0 amide bonds. The Morgan fingerprint density at radius 2 is 2.20 bits per heavy atom. The fraction of sp³-hybridized carbons (Fsp3) is 0.700.